The van der Waals surface area contributed by atoms with Crippen LogP contribution in [-0.4, -0.2) is 25.7 Å². The quantitative estimate of drug-likeness (QED) is 0.456. The van der Waals surface area contributed by atoms with Crippen molar-refractivity contribution in [3.63, 3.8) is 0 Å². The average molecular weight is 326 g/mol. The Hall–Kier alpha value is -1.41. The molecule has 0 aliphatic heterocycles. The zero-order chi connectivity index (χ0) is 15.6. The molecule has 0 aromatic heterocycles. The lowest BCUT2D eigenvalue weighted by atomic mass is 9.98. The van der Waals surface area contributed by atoms with E-state index in [9.17, 15) is 22.9 Å². The third kappa shape index (κ3) is 4.93. The average Bonchev–Trinajstić information content (AvgIpc) is 2.23. The van der Waals surface area contributed by atoms with Gasteiger partial charge in [-0.2, -0.15) is 0 Å². The summed E-state index contributed by atoms with van der Waals surface area (Å²) < 4.78 is 40.7. The lowest BCUT2D eigenvalue weighted by molar-refractivity contribution is -0.386. The molecule has 0 spiro atoms. The summed E-state index contributed by atoms with van der Waals surface area (Å²) in [5.41, 5.74) is -1.44. The summed E-state index contributed by atoms with van der Waals surface area (Å²) >= 11 is 0. The number of ether oxygens (including phenoxy) is 1. The molecule has 0 saturated carbocycles. The van der Waals surface area contributed by atoms with Gasteiger partial charge in [0.25, 0.3) is 0 Å². The summed E-state index contributed by atoms with van der Waals surface area (Å²) in [5.74, 6) is -1.80. The van der Waals surface area contributed by atoms with Crippen molar-refractivity contribution >= 4 is 25.4 Å². The number of hydrogen-bond donors (Lipinski definition) is 0. The number of nitro benzene ring substituents is 1. The second-order valence-corrected chi connectivity index (χ2v) is 7.76. The Balaban J connectivity index is 2.93. The molecule has 0 radical (unpaired) electrons. The Bertz CT molecular complexity index is 617. The molecular weight excluding hydrogens is 313 g/mol. The molecule has 1 aromatic rings. The Labute approximate surface area is 120 Å². The second-order valence-electron chi connectivity index (χ2n) is 4.98. The minimum absolute atomic E-state index is 0.235. The van der Waals surface area contributed by atoms with Gasteiger partial charge < -0.3 is 4.74 Å². The van der Waals surface area contributed by atoms with Crippen LogP contribution in [0.25, 0.3) is 0 Å². The Kier molecular flexibility index (Phi) is 4.93. The van der Waals surface area contributed by atoms with Crippen molar-refractivity contribution in [3.05, 3.63) is 34.1 Å². The predicted octanol–water partition coefficient (Wildman–Crippen LogP) is 2.71. The largest absolute Gasteiger partial charge is 0.484 e. The summed E-state index contributed by atoms with van der Waals surface area (Å²) in [5, 5.41) is 10.8. The highest BCUT2D eigenvalue weighted by Gasteiger charge is 2.28. The lowest BCUT2D eigenvalue weighted by Gasteiger charge is -2.22. The van der Waals surface area contributed by atoms with Gasteiger partial charge in [0.2, 0.25) is 14.8 Å². The molecule has 0 bridgehead atoms. The normalized spacial score (nSPS) is 12.2. The lowest BCUT2D eigenvalue weighted by Crippen LogP contribution is -2.28. The summed E-state index contributed by atoms with van der Waals surface area (Å²) in [4.78, 5) is 10.00. The van der Waals surface area contributed by atoms with Gasteiger partial charge in [-0.15, -0.1) is 0 Å². The zero-order valence-corrected chi connectivity index (χ0v) is 12.4. The van der Waals surface area contributed by atoms with Crippen LogP contribution in [-0.2, 0) is 9.05 Å². The molecule has 0 heterocycles. The molecule has 0 fully saturated rings. The van der Waals surface area contributed by atoms with Crippen molar-refractivity contribution in [3.8, 4) is 5.75 Å². The Morgan fingerprint density at radius 1 is 1.45 bits per heavy atom. The van der Waals surface area contributed by atoms with E-state index >= 15 is 0 Å². The first-order valence-corrected chi connectivity index (χ1v) is 7.98. The summed E-state index contributed by atoms with van der Waals surface area (Å²) in [7, 11) is 1.39. The van der Waals surface area contributed by atoms with E-state index in [2.05, 4.69) is 0 Å². The highest BCUT2D eigenvalue weighted by molar-refractivity contribution is 8.13. The molecule has 0 unspecified atom stereocenters. The van der Waals surface area contributed by atoms with Gasteiger partial charge in [0.1, 0.15) is 0 Å². The van der Waals surface area contributed by atoms with Crippen LogP contribution in [0.1, 0.15) is 13.8 Å². The van der Waals surface area contributed by atoms with Crippen LogP contribution in [0.2, 0.25) is 0 Å². The van der Waals surface area contributed by atoms with Crippen LogP contribution in [0.4, 0.5) is 10.1 Å². The van der Waals surface area contributed by atoms with Crippen molar-refractivity contribution in [2.45, 2.75) is 13.8 Å². The Morgan fingerprint density at radius 2 is 2.05 bits per heavy atom. The fraction of sp³-hybridized carbons (Fsp3) is 0.455. The molecule has 112 valence electrons. The minimum Gasteiger partial charge on any atom is -0.484 e. The summed E-state index contributed by atoms with van der Waals surface area (Å²) in [6, 6.07) is 3.31. The van der Waals surface area contributed by atoms with E-state index in [1.807, 2.05) is 0 Å². The standard InChI is InChI=1S/C11H13ClFNO5S/c1-11(2,7-20(12,17)18)6-19-10-8(13)4-3-5-9(10)14(15)16/h3-5H,6-7H2,1-2H3. The van der Waals surface area contributed by atoms with E-state index in [-0.39, 0.29) is 6.61 Å². The third-order valence-electron chi connectivity index (χ3n) is 2.31. The zero-order valence-electron chi connectivity index (χ0n) is 10.8. The first-order valence-electron chi connectivity index (χ1n) is 5.50. The van der Waals surface area contributed by atoms with E-state index in [0.29, 0.717) is 0 Å². The molecule has 0 amide bonds. The molecule has 6 nitrogen and oxygen atoms in total. The van der Waals surface area contributed by atoms with Gasteiger partial charge in [-0.3, -0.25) is 10.1 Å². The SMILES string of the molecule is CC(C)(COc1c(F)cccc1[N+](=O)[O-])CS(=O)(=O)Cl. The van der Waals surface area contributed by atoms with Gasteiger partial charge in [-0.1, -0.05) is 19.9 Å². The number of halogens is 2. The van der Waals surface area contributed by atoms with Crippen molar-refractivity contribution in [1.82, 2.24) is 0 Å². The van der Waals surface area contributed by atoms with E-state index < -0.39 is 42.4 Å². The highest BCUT2D eigenvalue weighted by atomic mass is 35.7. The predicted molar refractivity (Wildman–Crippen MR) is 72.0 cm³/mol. The third-order valence-corrected chi connectivity index (χ3v) is 3.77. The van der Waals surface area contributed by atoms with Gasteiger partial charge in [-0.05, 0) is 6.07 Å². The van der Waals surface area contributed by atoms with Crippen LogP contribution in [0.3, 0.4) is 0 Å². The van der Waals surface area contributed by atoms with Crippen molar-refractivity contribution in [1.29, 1.82) is 0 Å². The minimum atomic E-state index is -3.76. The molecule has 20 heavy (non-hydrogen) atoms. The first-order chi connectivity index (χ1) is 9.02. The highest BCUT2D eigenvalue weighted by Crippen LogP contribution is 2.31. The van der Waals surface area contributed by atoms with Crippen LogP contribution in [0.15, 0.2) is 18.2 Å². The molecular formula is C11H13ClFNO5S. The maximum atomic E-state index is 13.5. The van der Waals surface area contributed by atoms with E-state index in [4.69, 9.17) is 15.4 Å². The summed E-state index contributed by atoms with van der Waals surface area (Å²) in [6.45, 7) is 2.85. The first kappa shape index (κ1) is 16.6. The molecule has 0 N–H and O–H groups in total. The molecule has 0 aliphatic carbocycles. The van der Waals surface area contributed by atoms with Gasteiger partial charge in [0, 0.05) is 22.2 Å². The van der Waals surface area contributed by atoms with Gasteiger partial charge in [-0.25, -0.2) is 12.8 Å². The molecule has 0 atom stereocenters. The van der Waals surface area contributed by atoms with Crippen LogP contribution >= 0.6 is 10.7 Å². The maximum Gasteiger partial charge on any atom is 0.314 e. The van der Waals surface area contributed by atoms with Crippen LogP contribution in [0, 0.1) is 21.3 Å². The monoisotopic (exact) mass is 325 g/mol. The number of rotatable bonds is 6. The molecule has 1 rings (SSSR count). The van der Waals surface area contributed by atoms with Crippen molar-refractivity contribution in [2.24, 2.45) is 5.41 Å². The fourth-order valence-corrected chi connectivity index (χ4v) is 3.46. The van der Waals surface area contributed by atoms with Crippen molar-refractivity contribution in [2.75, 3.05) is 12.4 Å². The van der Waals surface area contributed by atoms with E-state index in [0.717, 1.165) is 12.1 Å². The number of nitro groups is 1. The Morgan fingerprint density at radius 3 is 2.55 bits per heavy atom. The molecule has 1 aromatic carbocycles. The van der Waals surface area contributed by atoms with Crippen LogP contribution < -0.4 is 4.74 Å². The second kappa shape index (κ2) is 5.92. The van der Waals surface area contributed by atoms with Crippen molar-refractivity contribution < 1.29 is 22.5 Å². The fourth-order valence-electron chi connectivity index (χ4n) is 1.56. The topological polar surface area (TPSA) is 86.5 Å². The maximum absolute atomic E-state index is 13.5. The molecule has 0 aliphatic rings. The van der Waals surface area contributed by atoms with Gasteiger partial charge in [0.15, 0.2) is 5.82 Å². The van der Waals surface area contributed by atoms with Gasteiger partial charge in [0.05, 0.1) is 17.3 Å². The number of nitrogens with zero attached hydrogens (tertiary/aromatic N) is 1. The molecule has 0 saturated heterocycles. The number of hydrogen-bond acceptors (Lipinski definition) is 5. The smallest absolute Gasteiger partial charge is 0.314 e. The van der Waals surface area contributed by atoms with Gasteiger partial charge >= 0.3 is 5.69 Å². The number of para-hydroxylation sites is 1. The number of benzene rings is 1. The molecule has 9 heteroatoms. The van der Waals surface area contributed by atoms with E-state index in [1.165, 1.54) is 6.07 Å². The van der Waals surface area contributed by atoms with E-state index in [1.54, 1.807) is 13.8 Å². The van der Waals surface area contributed by atoms with Crippen LogP contribution in [0.5, 0.6) is 5.75 Å². The summed E-state index contributed by atoms with van der Waals surface area (Å²) in [6.07, 6.45) is 0.